The van der Waals surface area contributed by atoms with Gasteiger partial charge in [-0.1, -0.05) is 24.3 Å². The molecule has 1 aromatic heterocycles. The maximum atomic E-state index is 12.6. The van der Waals surface area contributed by atoms with Crippen molar-refractivity contribution in [1.29, 1.82) is 0 Å². The smallest absolute Gasteiger partial charge is 0.261 e. The summed E-state index contributed by atoms with van der Waals surface area (Å²) in [7, 11) is 1.64. The van der Waals surface area contributed by atoms with Crippen LogP contribution in [0.15, 0.2) is 54.6 Å². The SMILES string of the molecule is CCNC(=O)c1cccc(CNC(=O)c2cc(-c3ccc(OC)cc3)c(C)s2)c1. The van der Waals surface area contributed by atoms with Crippen LogP contribution in [0.2, 0.25) is 0 Å². The van der Waals surface area contributed by atoms with Crippen LogP contribution in [0, 0.1) is 6.92 Å². The first kappa shape index (κ1) is 20.6. The minimum absolute atomic E-state index is 0.112. The number of amides is 2. The maximum absolute atomic E-state index is 12.6. The molecule has 0 aliphatic rings. The predicted molar refractivity (Wildman–Crippen MR) is 117 cm³/mol. The largest absolute Gasteiger partial charge is 0.497 e. The van der Waals surface area contributed by atoms with Gasteiger partial charge >= 0.3 is 0 Å². The predicted octanol–water partition coefficient (Wildman–Crippen LogP) is 4.41. The molecule has 0 atom stereocenters. The average molecular weight is 409 g/mol. The van der Waals surface area contributed by atoms with Crippen molar-refractivity contribution in [3.8, 4) is 16.9 Å². The van der Waals surface area contributed by atoms with Gasteiger partial charge in [-0.3, -0.25) is 9.59 Å². The van der Waals surface area contributed by atoms with E-state index >= 15 is 0 Å². The fourth-order valence-electron chi connectivity index (χ4n) is 3.01. The van der Waals surface area contributed by atoms with Gasteiger partial charge in [0.25, 0.3) is 11.8 Å². The molecule has 0 saturated carbocycles. The summed E-state index contributed by atoms with van der Waals surface area (Å²) in [6.07, 6.45) is 0. The molecule has 0 bridgehead atoms. The van der Waals surface area contributed by atoms with Crippen LogP contribution >= 0.6 is 11.3 Å². The van der Waals surface area contributed by atoms with E-state index in [1.54, 1.807) is 19.2 Å². The lowest BCUT2D eigenvalue weighted by atomic mass is 10.1. The van der Waals surface area contributed by atoms with Gasteiger partial charge in [-0.15, -0.1) is 11.3 Å². The lowest BCUT2D eigenvalue weighted by Crippen LogP contribution is -2.24. The van der Waals surface area contributed by atoms with Crippen molar-refractivity contribution in [3.63, 3.8) is 0 Å². The number of carbonyl (C=O) groups is 2. The molecule has 0 fully saturated rings. The molecule has 5 nitrogen and oxygen atoms in total. The van der Waals surface area contributed by atoms with Gasteiger partial charge in [0.2, 0.25) is 0 Å². The van der Waals surface area contributed by atoms with Crippen molar-refractivity contribution in [3.05, 3.63) is 75.5 Å². The second-order valence-corrected chi connectivity index (χ2v) is 7.81. The molecule has 29 heavy (non-hydrogen) atoms. The Morgan fingerprint density at radius 1 is 1.00 bits per heavy atom. The molecule has 1 heterocycles. The highest BCUT2D eigenvalue weighted by Gasteiger charge is 2.14. The van der Waals surface area contributed by atoms with Crippen molar-refractivity contribution in [2.24, 2.45) is 0 Å². The highest BCUT2D eigenvalue weighted by molar-refractivity contribution is 7.14. The Labute approximate surface area is 174 Å². The minimum atomic E-state index is -0.124. The van der Waals surface area contributed by atoms with Crippen molar-refractivity contribution >= 4 is 23.2 Å². The molecule has 0 aliphatic heterocycles. The molecule has 2 aromatic carbocycles. The summed E-state index contributed by atoms with van der Waals surface area (Å²) in [5.41, 5.74) is 3.56. The molecule has 0 unspecified atom stereocenters. The Morgan fingerprint density at radius 2 is 1.76 bits per heavy atom. The van der Waals surface area contributed by atoms with Crippen LogP contribution in [-0.2, 0) is 6.54 Å². The van der Waals surface area contributed by atoms with Gasteiger partial charge in [-0.25, -0.2) is 0 Å². The van der Waals surface area contributed by atoms with Crippen molar-refractivity contribution in [2.75, 3.05) is 13.7 Å². The van der Waals surface area contributed by atoms with Crippen LogP contribution in [0.4, 0.5) is 0 Å². The van der Waals surface area contributed by atoms with Gasteiger partial charge in [0, 0.05) is 23.5 Å². The number of hydrogen-bond acceptors (Lipinski definition) is 4. The first-order valence-corrected chi connectivity index (χ1v) is 10.2. The van der Waals surface area contributed by atoms with Crippen molar-refractivity contribution in [1.82, 2.24) is 10.6 Å². The number of hydrogen-bond donors (Lipinski definition) is 2. The van der Waals surface area contributed by atoms with Crippen LogP contribution < -0.4 is 15.4 Å². The number of carbonyl (C=O) groups excluding carboxylic acids is 2. The summed E-state index contributed by atoms with van der Waals surface area (Å²) in [4.78, 5) is 26.3. The summed E-state index contributed by atoms with van der Waals surface area (Å²) in [6.45, 7) is 4.83. The zero-order valence-corrected chi connectivity index (χ0v) is 17.6. The molecule has 3 aromatic rings. The number of rotatable bonds is 7. The van der Waals surface area contributed by atoms with Crippen LogP contribution in [0.3, 0.4) is 0 Å². The first-order chi connectivity index (χ1) is 14.0. The zero-order chi connectivity index (χ0) is 20.8. The monoisotopic (exact) mass is 408 g/mol. The van der Waals surface area contributed by atoms with E-state index in [-0.39, 0.29) is 11.8 Å². The fourth-order valence-corrected chi connectivity index (χ4v) is 3.96. The molecule has 150 valence electrons. The van der Waals surface area contributed by atoms with E-state index < -0.39 is 0 Å². The molecule has 0 aliphatic carbocycles. The topological polar surface area (TPSA) is 67.4 Å². The van der Waals surface area contributed by atoms with E-state index in [0.717, 1.165) is 27.3 Å². The quantitative estimate of drug-likeness (QED) is 0.608. The standard InChI is InChI=1S/C23H24N2O3S/c1-4-24-22(26)18-7-5-6-16(12-18)14-25-23(27)21-13-20(15(2)29-21)17-8-10-19(28-3)11-9-17/h5-13H,4,14H2,1-3H3,(H,24,26)(H,25,27). The summed E-state index contributed by atoms with van der Waals surface area (Å²) in [5, 5.41) is 5.72. The van der Waals surface area contributed by atoms with E-state index in [9.17, 15) is 9.59 Å². The molecule has 0 saturated heterocycles. The van der Waals surface area contributed by atoms with E-state index in [2.05, 4.69) is 10.6 Å². The van der Waals surface area contributed by atoms with Gasteiger partial charge in [0.1, 0.15) is 5.75 Å². The second-order valence-electron chi connectivity index (χ2n) is 6.55. The third-order valence-corrected chi connectivity index (χ3v) is 5.57. The van der Waals surface area contributed by atoms with E-state index in [4.69, 9.17) is 4.74 Å². The van der Waals surface area contributed by atoms with E-state index in [0.29, 0.717) is 23.5 Å². The Balaban J connectivity index is 1.69. The third-order valence-electron chi connectivity index (χ3n) is 4.52. The first-order valence-electron chi connectivity index (χ1n) is 9.42. The lowest BCUT2D eigenvalue weighted by Gasteiger charge is -2.07. The lowest BCUT2D eigenvalue weighted by molar-refractivity contribution is 0.0949. The number of thiophene rings is 1. The molecule has 0 spiro atoms. The number of benzene rings is 2. The number of ether oxygens (including phenoxy) is 1. The van der Waals surface area contributed by atoms with Gasteiger partial charge in [0.05, 0.1) is 12.0 Å². The Morgan fingerprint density at radius 3 is 2.45 bits per heavy atom. The van der Waals surface area contributed by atoms with Gasteiger partial charge in [-0.05, 0) is 60.9 Å². The average Bonchev–Trinajstić information content (AvgIpc) is 3.14. The molecular formula is C23H24N2O3S. The summed E-state index contributed by atoms with van der Waals surface area (Å²) < 4.78 is 5.20. The summed E-state index contributed by atoms with van der Waals surface area (Å²) in [6, 6.07) is 17.0. The van der Waals surface area contributed by atoms with Crippen LogP contribution in [0.25, 0.3) is 11.1 Å². The third kappa shape index (κ3) is 5.03. The second kappa shape index (κ2) is 9.39. The molecule has 2 N–H and O–H groups in total. The molecular weight excluding hydrogens is 384 g/mol. The number of methoxy groups -OCH3 is 1. The normalized spacial score (nSPS) is 10.4. The van der Waals surface area contributed by atoms with Crippen LogP contribution in [0.5, 0.6) is 5.75 Å². The van der Waals surface area contributed by atoms with Crippen LogP contribution in [0.1, 0.15) is 37.4 Å². The van der Waals surface area contributed by atoms with Gasteiger partial charge < -0.3 is 15.4 Å². The molecule has 3 rings (SSSR count). The zero-order valence-electron chi connectivity index (χ0n) is 16.7. The number of aryl methyl sites for hydroxylation is 1. The molecule has 0 radical (unpaired) electrons. The summed E-state index contributed by atoms with van der Waals surface area (Å²) >= 11 is 1.47. The van der Waals surface area contributed by atoms with Gasteiger partial charge in [-0.2, -0.15) is 0 Å². The Hall–Kier alpha value is -3.12. The van der Waals surface area contributed by atoms with Crippen molar-refractivity contribution in [2.45, 2.75) is 20.4 Å². The fraction of sp³-hybridized carbons (Fsp3) is 0.217. The molecule has 6 heteroatoms. The highest BCUT2D eigenvalue weighted by Crippen LogP contribution is 2.32. The highest BCUT2D eigenvalue weighted by atomic mass is 32.1. The van der Waals surface area contributed by atoms with E-state index in [1.807, 2.05) is 56.3 Å². The van der Waals surface area contributed by atoms with Gasteiger partial charge in [0.15, 0.2) is 0 Å². The van der Waals surface area contributed by atoms with E-state index in [1.165, 1.54) is 11.3 Å². The minimum Gasteiger partial charge on any atom is -0.497 e. The Kier molecular flexibility index (Phi) is 6.67. The maximum Gasteiger partial charge on any atom is 0.261 e. The van der Waals surface area contributed by atoms with Crippen molar-refractivity contribution < 1.29 is 14.3 Å². The molecule has 2 amide bonds. The Bertz CT molecular complexity index is 1010. The van der Waals surface area contributed by atoms with Crippen LogP contribution in [-0.4, -0.2) is 25.5 Å². The number of nitrogens with one attached hydrogen (secondary N) is 2. The summed E-state index contributed by atoms with van der Waals surface area (Å²) in [5.74, 6) is 0.564.